The van der Waals surface area contributed by atoms with Crippen molar-refractivity contribution in [3.63, 3.8) is 0 Å². The molecule has 0 saturated carbocycles. The lowest BCUT2D eigenvalue weighted by Gasteiger charge is -2.04. The molecule has 0 spiro atoms. The van der Waals surface area contributed by atoms with Gasteiger partial charge in [0, 0.05) is 11.1 Å². The van der Waals surface area contributed by atoms with Gasteiger partial charge in [0.25, 0.3) is 10.0 Å². The highest BCUT2D eigenvalue weighted by atomic mass is 32.2. The third-order valence-corrected chi connectivity index (χ3v) is 4.88. The molecule has 0 aliphatic rings. The van der Waals surface area contributed by atoms with Crippen LogP contribution in [0.2, 0.25) is 0 Å². The first kappa shape index (κ1) is 13.9. The smallest absolute Gasteiger partial charge is 0.281 e. The maximum atomic E-state index is 12.1. The van der Waals surface area contributed by atoms with Gasteiger partial charge in [0.2, 0.25) is 0 Å². The van der Waals surface area contributed by atoms with Gasteiger partial charge in [0.1, 0.15) is 0 Å². The van der Waals surface area contributed by atoms with E-state index in [1.54, 1.807) is 0 Å². The SMILES string of the molecule is Cc1nc(NS(=O)(=O)c2ccc(CO)cn2)sc1C. The number of aliphatic hydroxyl groups excluding tert-OH is 1. The fraction of sp³-hybridized carbons (Fsp3) is 0.273. The minimum atomic E-state index is -3.74. The lowest BCUT2D eigenvalue weighted by molar-refractivity contribution is 0.281. The second kappa shape index (κ2) is 5.24. The van der Waals surface area contributed by atoms with Crippen molar-refractivity contribution in [2.45, 2.75) is 25.5 Å². The highest BCUT2D eigenvalue weighted by Crippen LogP contribution is 2.23. The van der Waals surface area contributed by atoms with E-state index in [4.69, 9.17) is 5.11 Å². The van der Waals surface area contributed by atoms with Crippen molar-refractivity contribution < 1.29 is 13.5 Å². The van der Waals surface area contributed by atoms with Crippen molar-refractivity contribution in [2.75, 3.05) is 4.72 Å². The Bertz CT molecular complexity index is 658. The first-order valence-corrected chi connectivity index (χ1v) is 7.75. The number of anilines is 1. The zero-order valence-electron chi connectivity index (χ0n) is 10.4. The Morgan fingerprint density at radius 1 is 1.37 bits per heavy atom. The summed E-state index contributed by atoms with van der Waals surface area (Å²) in [5, 5.41) is 9.11. The predicted molar refractivity (Wildman–Crippen MR) is 72.6 cm³/mol. The van der Waals surface area contributed by atoms with Gasteiger partial charge < -0.3 is 5.11 Å². The van der Waals surface area contributed by atoms with Gasteiger partial charge in [0.05, 0.1) is 12.3 Å². The Morgan fingerprint density at radius 3 is 2.58 bits per heavy atom. The Kier molecular flexibility index (Phi) is 3.83. The molecule has 0 unspecified atom stereocenters. The molecule has 0 radical (unpaired) electrons. The van der Waals surface area contributed by atoms with E-state index >= 15 is 0 Å². The molecule has 8 heteroatoms. The summed E-state index contributed by atoms with van der Waals surface area (Å²) in [6, 6.07) is 2.86. The van der Waals surface area contributed by atoms with Crippen LogP contribution in [0.4, 0.5) is 5.13 Å². The quantitative estimate of drug-likeness (QED) is 0.891. The molecule has 2 aromatic heterocycles. The van der Waals surface area contributed by atoms with E-state index in [1.807, 2.05) is 13.8 Å². The van der Waals surface area contributed by atoms with Gasteiger partial charge in [-0.3, -0.25) is 4.72 Å². The number of nitrogens with one attached hydrogen (secondary N) is 1. The fourth-order valence-electron chi connectivity index (χ4n) is 1.35. The first-order chi connectivity index (χ1) is 8.92. The lowest BCUT2D eigenvalue weighted by atomic mass is 10.3. The van der Waals surface area contributed by atoms with Crippen LogP contribution in [0.3, 0.4) is 0 Å². The summed E-state index contributed by atoms with van der Waals surface area (Å²) in [4.78, 5) is 8.89. The third-order valence-electron chi connectivity index (χ3n) is 2.51. The van der Waals surface area contributed by atoms with Crippen molar-refractivity contribution in [1.29, 1.82) is 0 Å². The fourth-order valence-corrected chi connectivity index (χ4v) is 3.33. The van der Waals surface area contributed by atoms with Crippen LogP contribution < -0.4 is 4.72 Å². The molecule has 0 saturated heterocycles. The van der Waals surface area contributed by atoms with Gasteiger partial charge in [-0.05, 0) is 25.5 Å². The summed E-state index contributed by atoms with van der Waals surface area (Å²) >= 11 is 1.27. The minimum absolute atomic E-state index is 0.102. The molecule has 0 atom stereocenters. The van der Waals surface area contributed by atoms with E-state index in [9.17, 15) is 8.42 Å². The van der Waals surface area contributed by atoms with Crippen molar-refractivity contribution in [3.8, 4) is 0 Å². The number of aliphatic hydroxyl groups is 1. The van der Waals surface area contributed by atoms with Crippen LogP contribution >= 0.6 is 11.3 Å². The number of hydrogen-bond donors (Lipinski definition) is 2. The number of pyridine rings is 1. The van der Waals surface area contributed by atoms with E-state index in [2.05, 4.69) is 14.7 Å². The molecule has 2 rings (SSSR count). The molecule has 6 nitrogen and oxygen atoms in total. The van der Waals surface area contributed by atoms with E-state index in [1.165, 1.54) is 29.7 Å². The number of sulfonamides is 1. The molecule has 102 valence electrons. The zero-order valence-corrected chi connectivity index (χ0v) is 12.0. The summed E-state index contributed by atoms with van der Waals surface area (Å²) in [7, 11) is -3.74. The van der Waals surface area contributed by atoms with Crippen molar-refractivity contribution in [2.24, 2.45) is 0 Å². The Balaban J connectivity index is 2.26. The van der Waals surface area contributed by atoms with Crippen LogP contribution in [0.1, 0.15) is 16.1 Å². The molecule has 2 N–H and O–H groups in total. The molecule has 0 amide bonds. The van der Waals surface area contributed by atoms with Gasteiger partial charge in [-0.15, -0.1) is 11.3 Å². The van der Waals surface area contributed by atoms with E-state index in [0.29, 0.717) is 10.7 Å². The summed E-state index contributed by atoms with van der Waals surface area (Å²) < 4.78 is 26.5. The average Bonchev–Trinajstić information content (AvgIpc) is 2.67. The topological polar surface area (TPSA) is 92.2 Å². The van der Waals surface area contributed by atoms with Gasteiger partial charge in [-0.2, -0.15) is 8.42 Å². The molecule has 0 aromatic carbocycles. The highest BCUT2D eigenvalue weighted by Gasteiger charge is 2.18. The van der Waals surface area contributed by atoms with Crippen LogP contribution in [0.15, 0.2) is 23.4 Å². The van der Waals surface area contributed by atoms with Gasteiger partial charge >= 0.3 is 0 Å². The molecule has 0 aliphatic carbocycles. The first-order valence-electron chi connectivity index (χ1n) is 5.45. The van der Waals surface area contributed by atoms with Crippen LogP contribution in [-0.4, -0.2) is 23.5 Å². The van der Waals surface area contributed by atoms with Gasteiger partial charge in [-0.25, -0.2) is 9.97 Å². The zero-order chi connectivity index (χ0) is 14.0. The number of thiazole rings is 1. The average molecular weight is 299 g/mol. The molecule has 0 aliphatic heterocycles. The predicted octanol–water partition coefficient (Wildman–Crippen LogP) is 1.45. The van der Waals surface area contributed by atoms with Gasteiger partial charge in [0.15, 0.2) is 10.2 Å². The van der Waals surface area contributed by atoms with Gasteiger partial charge in [-0.1, -0.05) is 6.07 Å². The van der Waals surface area contributed by atoms with E-state index < -0.39 is 10.0 Å². The summed E-state index contributed by atoms with van der Waals surface area (Å²) in [6.45, 7) is 3.52. The van der Waals surface area contributed by atoms with E-state index in [0.717, 1.165) is 10.6 Å². The second-order valence-corrected chi connectivity index (χ2v) is 6.76. The molecule has 0 fully saturated rings. The molecule has 2 heterocycles. The third kappa shape index (κ3) is 3.09. The largest absolute Gasteiger partial charge is 0.392 e. The Morgan fingerprint density at radius 2 is 2.11 bits per heavy atom. The van der Waals surface area contributed by atoms with Crippen LogP contribution in [0.25, 0.3) is 0 Å². The second-order valence-electron chi connectivity index (χ2n) is 3.93. The molecular formula is C11H13N3O3S2. The maximum Gasteiger partial charge on any atom is 0.281 e. The number of aryl methyl sites for hydroxylation is 2. The summed E-state index contributed by atoms with van der Waals surface area (Å²) in [5.41, 5.74) is 1.35. The monoisotopic (exact) mass is 299 g/mol. The Hall–Kier alpha value is -1.51. The minimum Gasteiger partial charge on any atom is -0.392 e. The standard InChI is InChI=1S/C11H13N3O3S2/c1-7-8(2)18-11(13-7)14-19(16,17)10-4-3-9(6-15)5-12-10/h3-5,15H,6H2,1-2H3,(H,13,14). The van der Waals surface area contributed by atoms with Crippen LogP contribution in [0, 0.1) is 13.8 Å². The normalized spacial score (nSPS) is 11.5. The molecule has 19 heavy (non-hydrogen) atoms. The van der Waals surface area contributed by atoms with Crippen molar-refractivity contribution in [1.82, 2.24) is 9.97 Å². The number of aromatic nitrogens is 2. The highest BCUT2D eigenvalue weighted by molar-refractivity contribution is 7.92. The van der Waals surface area contributed by atoms with Crippen molar-refractivity contribution in [3.05, 3.63) is 34.5 Å². The molecular weight excluding hydrogens is 286 g/mol. The summed E-state index contributed by atoms with van der Waals surface area (Å²) in [6.07, 6.45) is 1.33. The summed E-state index contributed by atoms with van der Waals surface area (Å²) in [5.74, 6) is 0. The molecule has 0 bridgehead atoms. The lowest BCUT2D eigenvalue weighted by Crippen LogP contribution is -2.14. The number of rotatable bonds is 4. The van der Waals surface area contributed by atoms with E-state index in [-0.39, 0.29) is 11.6 Å². The number of nitrogens with zero attached hydrogens (tertiary/aromatic N) is 2. The van der Waals surface area contributed by atoms with Crippen LogP contribution in [-0.2, 0) is 16.6 Å². The molecule has 2 aromatic rings. The Labute approximate surface area is 115 Å². The van der Waals surface area contributed by atoms with Crippen LogP contribution in [0.5, 0.6) is 0 Å². The van der Waals surface area contributed by atoms with Crippen molar-refractivity contribution >= 4 is 26.5 Å². The number of hydrogen-bond acceptors (Lipinski definition) is 6. The maximum absolute atomic E-state index is 12.1.